The average Bonchev–Trinajstić information content (AvgIpc) is 2.71. The van der Waals surface area contributed by atoms with E-state index in [0.717, 1.165) is 12.0 Å². The van der Waals surface area contributed by atoms with Gasteiger partial charge in [-0.05, 0) is 55.2 Å². The monoisotopic (exact) mass is 468 g/mol. The molecule has 2 aromatic rings. The molecule has 2 aromatic carbocycles. The van der Waals surface area contributed by atoms with Crippen molar-refractivity contribution in [1.29, 1.82) is 0 Å². The van der Waals surface area contributed by atoms with Crippen LogP contribution in [-0.2, 0) is 22.6 Å². The molecule has 30 heavy (non-hydrogen) atoms. The minimum Gasteiger partial charge on any atom is -0.352 e. The van der Waals surface area contributed by atoms with Crippen molar-refractivity contribution in [3.63, 3.8) is 0 Å². The maximum atomic E-state index is 13.4. The van der Waals surface area contributed by atoms with Crippen molar-refractivity contribution in [2.24, 2.45) is 0 Å². The van der Waals surface area contributed by atoms with E-state index in [1.807, 2.05) is 32.9 Å². The highest BCUT2D eigenvalue weighted by Crippen LogP contribution is 2.26. The molecular formula is C23H27Cl3N2O2. The lowest BCUT2D eigenvalue weighted by Gasteiger charge is -2.31. The zero-order valence-electron chi connectivity index (χ0n) is 17.4. The van der Waals surface area contributed by atoms with E-state index in [9.17, 15) is 9.59 Å². The Balaban J connectivity index is 2.34. The Morgan fingerprint density at radius 1 is 0.967 bits per heavy atom. The molecule has 0 saturated carbocycles. The Labute approximate surface area is 193 Å². The molecule has 0 radical (unpaired) electrons. The van der Waals surface area contributed by atoms with Crippen LogP contribution in [0, 0.1) is 0 Å². The van der Waals surface area contributed by atoms with Gasteiger partial charge in [0.05, 0.1) is 6.42 Å². The molecule has 2 rings (SSSR count). The molecule has 7 heteroatoms. The predicted molar refractivity (Wildman–Crippen MR) is 124 cm³/mol. The number of hydrogen-bond donors (Lipinski definition) is 1. The van der Waals surface area contributed by atoms with E-state index in [1.54, 1.807) is 35.2 Å². The number of nitrogens with one attached hydrogen (secondary N) is 1. The van der Waals surface area contributed by atoms with Gasteiger partial charge in [0.1, 0.15) is 6.04 Å². The van der Waals surface area contributed by atoms with Crippen LogP contribution in [0.2, 0.25) is 15.1 Å². The van der Waals surface area contributed by atoms with Gasteiger partial charge in [0.25, 0.3) is 0 Å². The van der Waals surface area contributed by atoms with Gasteiger partial charge in [-0.1, -0.05) is 66.8 Å². The van der Waals surface area contributed by atoms with Gasteiger partial charge in [0.2, 0.25) is 11.8 Å². The lowest BCUT2D eigenvalue weighted by molar-refractivity contribution is -0.141. The molecule has 0 spiro atoms. The largest absolute Gasteiger partial charge is 0.352 e. The molecule has 4 nitrogen and oxygen atoms in total. The molecular weight excluding hydrogens is 443 g/mol. The minimum absolute atomic E-state index is 0.0131. The van der Waals surface area contributed by atoms with Crippen LogP contribution in [0.5, 0.6) is 0 Å². The average molecular weight is 470 g/mol. The summed E-state index contributed by atoms with van der Waals surface area (Å²) in [6.45, 7) is 6.12. The van der Waals surface area contributed by atoms with Gasteiger partial charge >= 0.3 is 0 Å². The third kappa shape index (κ3) is 6.63. The standard InChI is InChI=1S/C23H27Cl3N2O2/c1-4-15(3)27-23(30)21(5-2)28(14-16-9-11-17(24)12-10-16)22(29)13-18-19(25)7-6-8-20(18)26/h6-12,15,21H,4-5,13-14H2,1-3H3,(H,27,30)/t15-,21+/m1/s1. The van der Waals surface area contributed by atoms with Crippen LogP contribution in [-0.4, -0.2) is 28.8 Å². The number of hydrogen-bond acceptors (Lipinski definition) is 2. The molecule has 0 aliphatic rings. The first-order valence-corrected chi connectivity index (χ1v) is 11.2. The Bertz CT molecular complexity index is 851. The first-order valence-electron chi connectivity index (χ1n) is 10.0. The third-order valence-electron chi connectivity index (χ3n) is 5.04. The Hall–Kier alpha value is -1.75. The van der Waals surface area contributed by atoms with Gasteiger partial charge in [-0.3, -0.25) is 9.59 Å². The van der Waals surface area contributed by atoms with Crippen LogP contribution in [0.3, 0.4) is 0 Å². The lowest BCUT2D eigenvalue weighted by Crippen LogP contribution is -2.51. The maximum absolute atomic E-state index is 13.4. The topological polar surface area (TPSA) is 49.4 Å². The number of halogens is 3. The van der Waals surface area contributed by atoms with Crippen molar-refractivity contribution in [3.8, 4) is 0 Å². The van der Waals surface area contributed by atoms with Crippen LogP contribution in [0.25, 0.3) is 0 Å². The Kier molecular flexibility index (Phi) is 9.47. The SMILES string of the molecule is CC[C@@H](C)NC(=O)[C@H](CC)N(Cc1ccc(Cl)cc1)C(=O)Cc1c(Cl)cccc1Cl. The van der Waals surface area contributed by atoms with Gasteiger partial charge in [-0.25, -0.2) is 0 Å². The van der Waals surface area contributed by atoms with Crippen LogP contribution in [0.4, 0.5) is 0 Å². The van der Waals surface area contributed by atoms with E-state index in [-0.39, 0.29) is 30.8 Å². The molecule has 0 heterocycles. The number of amides is 2. The zero-order valence-corrected chi connectivity index (χ0v) is 19.7. The van der Waals surface area contributed by atoms with E-state index in [1.165, 1.54) is 0 Å². The summed E-state index contributed by atoms with van der Waals surface area (Å²) in [5, 5.41) is 4.46. The molecule has 2 amide bonds. The lowest BCUT2D eigenvalue weighted by atomic mass is 10.1. The second-order valence-electron chi connectivity index (χ2n) is 7.27. The van der Waals surface area contributed by atoms with Gasteiger partial charge in [0, 0.05) is 27.7 Å². The highest BCUT2D eigenvalue weighted by Gasteiger charge is 2.30. The molecule has 0 unspecified atom stereocenters. The fourth-order valence-electron chi connectivity index (χ4n) is 3.10. The highest BCUT2D eigenvalue weighted by atomic mass is 35.5. The summed E-state index contributed by atoms with van der Waals surface area (Å²) < 4.78 is 0. The molecule has 1 N–H and O–H groups in total. The number of benzene rings is 2. The van der Waals surface area contributed by atoms with E-state index in [0.29, 0.717) is 27.1 Å². The number of carbonyl (C=O) groups is 2. The molecule has 0 fully saturated rings. The molecule has 2 atom stereocenters. The summed E-state index contributed by atoms with van der Waals surface area (Å²) in [7, 11) is 0. The van der Waals surface area contributed by atoms with E-state index in [2.05, 4.69) is 5.32 Å². The minimum atomic E-state index is -0.608. The number of carbonyl (C=O) groups excluding carboxylic acids is 2. The van der Waals surface area contributed by atoms with Crippen LogP contribution in [0.1, 0.15) is 44.7 Å². The normalized spacial score (nSPS) is 12.9. The molecule has 0 aliphatic heterocycles. The summed E-state index contributed by atoms with van der Waals surface area (Å²) in [6.07, 6.45) is 1.31. The number of nitrogens with zero attached hydrogens (tertiary/aromatic N) is 1. The molecule has 0 bridgehead atoms. The van der Waals surface area contributed by atoms with Crippen molar-refractivity contribution in [3.05, 3.63) is 68.7 Å². The summed E-state index contributed by atoms with van der Waals surface area (Å²) in [4.78, 5) is 27.9. The van der Waals surface area contributed by atoms with Crippen LogP contribution >= 0.6 is 34.8 Å². The second kappa shape index (κ2) is 11.6. The first kappa shape index (κ1) is 24.5. The van der Waals surface area contributed by atoms with Gasteiger partial charge < -0.3 is 10.2 Å². The molecule has 0 aromatic heterocycles. The van der Waals surface area contributed by atoms with Crippen molar-refractivity contribution in [1.82, 2.24) is 10.2 Å². The fraction of sp³-hybridized carbons (Fsp3) is 0.391. The Morgan fingerprint density at radius 3 is 2.10 bits per heavy atom. The summed E-state index contributed by atoms with van der Waals surface area (Å²) >= 11 is 18.5. The molecule has 0 aliphatic carbocycles. The Morgan fingerprint density at radius 2 is 1.57 bits per heavy atom. The van der Waals surface area contributed by atoms with E-state index >= 15 is 0 Å². The quantitative estimate of drug-likeness (QED) is 0.496. The molecule has 162 valence electrons. The number of rotatable bonds is 9. The fourth-order valence-corrected chi connectivity index (χ4v) is 3.76. The highest BCUT2D eigenvalue weighted by molar-refractivity contribution is 6.36. The smallest absolute Gasteiger partial charge is 0.243 e. The van der Waals surface area contributed by atoms with Gasteiger partial charge in [-0.15, -0.1) is 0 Å². The zero-order chi connectivity index (χ0) is 22.3. The first-order chi connectivity index (χ1) is 14.3. The molecule has 0 saturated heterocycles. The van der Waals surface area contributed by atoms with Gasteiger partial charge in [0.15, 0.2) is 0 Å². The van der Waals surface area contributed by atoms with Crippen molar-refractivity contribution >= 4 is 46.6 Å². The summed E-state index contributed by atoms with van der Waals surface area (Å²) in [5.41, 5.74) is 1.44. The second-order valence-corrected chi connectivity index (χ2v) is 8.52. The van der Waals surface area contributed by atoms with E-state index in [4.69, 9.17) is 34.8 Å². The van der Waals surface area contributed by atoms with Crippen LogP contribution in [0.15, 0.2) is 42.5 Å². The third-order valence-corrected chi connectivity index (χ3v) is 6.00. The predicted octanol–water partition coefficient (Wildman–Crippen LogP) is 5.91. The van der Waals surface area contributed by atoms with Crippen molar-refractivity contribution in [2.45, 2.75) is 58.7 Å². The van der Waals surface area contributed by atoms with Gasteiger partial charge in [-0.2, -0.15) is 0 Å². The van der Waals surface area contributed by atoms with Crippen molar-refractivity contribution < 1.29 is 9.59 Å². The summed E-state index contributed by atoms with van der Waals surface area (Å²) in [5.74, 6) is -0.384. The maximum Gasteiger partial charge on any atom is 0.243 e. The summed E-state index contributed by atoms with van der Waals surface area (Å²) in [6, 6.07) is 11.8. The van der Waals surface area contributed by atoms with Crippen molar-refractivity contribution in [2.75, 3.05) is 0 Å². The van der Waals surface area contributed by atoms with E-state index < -0.39 is 6.04 Å². The van der Waals surface area contributed by atoms with Crippen LogP contribution < -0.4 is 5.32 Å².